The van der Waals surface area contributed by atoms with E-state index >= 15 is 0 Å². The zero-order valence-corrected chi connectivity index (χ0v) is 19.3. The van der Waals surface area contributed by atoms with E-state index in [1.54, 1.807) is 0 Å². The highest BCUT2D eigenvalue weighted by atomic mass is 35.5. The largest absolute Gasteiger partial charge is 0.453 e. The minimum Gasteiger partial charge on any atom is -0.453 e. The third kappa shape index (κ3) is 5.22. The molecule has 2 heterocycles. The summed E-state index contributed by atoms with van der Waals surface area (Å²) in [4.78, 5) is 11.8. The highest BCUT2D eigenvalue weighted by Crippen LogP contribution is 2.29. The maximum absolute atomic E-state index is 6.00. The van der Waals surface area contributed by atoms with Crippen molar-refractivity contribution >= 4 is 52.5 Å². The van der Waals surface area contributed by atoms with Gasteiger partial charge in [-0.15, -0.1) is 24.8 Å². The number of hydrogen-bond donors (Lipinski definition) is 1. The van der Waals surface area contributed by atoms with Crippen LogP contribution in [0, 0.1) is 5.41 Å². The van der Waals surface area contributed by atoms with Crippen molar-refractivity contribution in [3.05, 3.63) is 54.6 Å². The Morgan fingerprint density at radius 3 is 2.40 bits per heavy atom. The van der Waals surface area contributed by atoms with Gasteiger partial charge in [-0.05, 0) is 43.8 Å². The number of furan rings is 1. The number of halogens is 2. The first kappa shape index (κ1) is 23.9. The van der Waals surface area contributed by atoms with Crippen LogP contribution in [0.15, 0.2) is 59.0 Å². The van der Waals surface area contributed by atoms with Crippen LogP contribution in [0.2, 0.25) is 0 Å². The average Bonchev–Trinajstić information content (AvgIpc) is 3.09. The lowest BCUT2D eigenvalue weighted by atomic mass is 9.93. The quantitative estimate of drug-likeness (QED) is 0.400. The second kappa shape index (κ2) is 9.65. The molecule has 30 heavy (non-hydrogen) atoms. The Hall–Kier alpha value is -2.34. The van der Waals surface area contributed by atoms with E-state index < -0.39 is 0 Å². The van der Waals surface area contributed by atoms with Gasteiger partial charge in [0.2, 0.25) is 0 Å². The Kier molecular flexibility index (Phi) is 7.70. The number of aromatic nitrogens is 2. The molecular formula is C23H28Cl2N4O. The fourth-order valence-electron chi connectivity index (χ4n) is 3.65. The van der Waals surface area contributed by atoms with Crippen molar-refractivity contribution in [1.82, 2.24) is 14.9 Å². The maximum atomic E-state index is 6.00. The molecule has 2 aromatic carbocycles. The Labute approximate surface area is 189 Å². The van der Waals surface area contributed by atoms with Crippen molar-refractivity contribution in [2.45, 2.75) is 13.8 Å². The summed E-state index contributed by atoms with van der Waals surface area (Å²) in [5, 5.41) is 5.63. The van der Waals surface area contributed by atoms with E-state index in [-0.39, 0.29) is 30.2 Å². The summed E-state index contributed by atoms with van der Waals surface area (Å²) in [7, 11) is 4.20. The topological polar surface area (TPSA) is 54.2 Å². The third-order valence-electron chi connectivity index (χ3n) is 4.73. The first-order valence-electron chi connectivity index (χ1n) is 9.56. The lowest BCUT2D eigenvalue weighted by Gasteiger charge is -2.28. The van der Waals surface area contributed by atoms with Crippen molar-refractivity contribution in [2.75, 3.05) is 32.5 Å². The number of fused-ring (bicyclic) bond motifs is 2. The Morgan fingerprint density at radius 2 is 1.67 bits per heavy atom. The molecule has 0 bridgehead atoms. The highest BCUT2D eigenvalue weighted by molar-refractivity contribution is 5.91. The van der Waals surface area contributed by atoms with Gasteiger partial charge in [0.25, 0.3) is 0 Å². The molecule has 0 spiro atoms. The molecule has 0 atom stereocenters. The van der Waals surface area contributed by atoms with Gasteiger partial charge < -0.3 is 14.6 Å². The summed E-state index contributed by atoms with van der Waals surface area (Å²) < 4.78 is 6.00. The summed E-state index contributed by atoms with van der Waals surface area (Å²) in [6.07, 6.45) is 0. The molecular weight excluding hydrogens is 419 g/mol. The predicted octanol–water partition coefficient (Wildman–Crippen LogP) is 5.89. The number of para-hydroxylation sites is 2. The smallest absolute Gasteiger partial charge is 0.198 e. The van der Waals surface area contributed by atoms with Gasteiger partial charge >= 0.3 is 0 Å². The number of benzene rings is 2. The molecule has 0 amide bonds. The molecule has 0 saturated heterocycles. The van der Waals surface area contributed by atoms with Crippen LogP contribution < -0.4 is 5.32 Å². The highest BCUT2D eigenvalue weighted by Gasteiger charge is 2.20. The lowest BCUT2D eigenvalue weighted by molar-refractivity contribution is 0.254. The van der Waals surface area contributed by atoms with Gasteiger partial charge in [0.05, 0.1) is 5.52 Å². The predicted molar refractivity (Wildman–Crippen MR) is 130 cm³/mol. The molecule has 0 fully saturated rings. The van der Waals surface area contributed by atoms with E-state index in [0.29, 0.717) is 11.6 Å². The zero-order valence-electron chi connectivity index (χ0n) is 17.7. The van der Waals surface area contributed by atoms with E-state index in [1.807, 2.05) is 48.5 Å². The standard InChI is InChI=1S/C23H26N4O.2ClH/c1-23(2,15-27(3)4)14-24-21-17-10-6-7-11-18(17)25-22(26-21)20-13-16-9-5-8-12-19(16)28-20;;/h5-13H,14-15H2,1-4H3,(H,24,25,26);2*1H. The van der Waals surface area contributed by atoms with Crippen LogP contribution in [0.1, 0.15) is 13.8 Å². The maximum Gasteiger partial charge on any atom is 0.198 e. The number of nitrogens with one attached hydrogen (secondary N) is 1. The van der Waals surface area contributed by atoms with Crippen LogP contribution in [-0.2, 0) is 0 Å². The molecule has 5 nitrogen and oxygen atoms in total. The SMILES string of the molecule is CN(C)CC(C)(C)CNc1nc(-c2cc3ccccc3o2)nc2ccccc12.Cl.Cl. The van der Waals surface area contributed by atoms with Gasteiger partial charge in [0.15, 0.2) is 11.6 Å². The third-order valence-corrected chi connectivity index (χ3v) is 4.73. The van der Waals surface area contributed by atoms with Crippen molar-refractivity contribution in [3.63, 3.8) is 0 Å². The Bertz CT molecular complexity index is 1090. The van der Waals surface area contributed by atoms with E-state index in [4.69, 9.17) is 14.4 Å². The summed E-state index contributed by atoms with van der Waals surface area (Å²) in [6.45, 7) is 6.30. The molecule has 2 aromatic heterocycles. The van der Waals surface area contributed by atoms with Crippen LogP contribution >= 0.6 is 24.8 Å². The van der Waals surface area contributed by atoms with Gasteiger partial charge in [-0.25, -0.2) is 9.97 Å². The van der Waals surface area contributed by atoms with Crippen LogP contribution in [0.25, 0.3) is 33.5 Å². The van der Waals surface area contributed by atoms with Gasteiger partial charge in [0.1, 0.15) is 11.4 Å². The second-order valence-electron chi connectivity index (χ2n) is 8.32. The molecule has 160 valence electrons. The molecule has 0 aliphatic heterocycles. The molecule has 1 N–H and O–H groups in total. The molecule has 0 aliphatic carbocycles. The fraction of sp³-hybridized carbons (Fsp3) is 0.304. The van der Waals surface area contributed by atoms with Crippen molar-refractivity contribution in [3.8, 4) is 11.6 Å². The normalized spacial score (nSPS) is 11.4. The van der Waals surface area contributed by atoms with E-state index in [0.717, 1.165) is 40.8 Å². The molecule has 0 aliphatic rings. The zero-order chi connectivity index (χ0) is 19.7. The number of rotatable bonds is 6. The first-order valence-corrected chi connectivity index (χ1v) is 9.56. The number of hydrogen-bond acceptors (Lipinski definition) is 5. The summed E-state index contributed by atoms with van der Waals surface area (Å²) in [6, 6.07) is 18.0. The van der Waals surface area contributed by atoms with Crippen molar-refractivity contribution < 1.29 is 4.42 Å². The molecule has 7 heteroatoms. The van der Waals surface area contributed by atoms with Crippen LogP contribution in [0.3, 0.4) is 0 Å². The summed E-state index contributed by atoms with van der Waals surface area (Å²) >= 11 is 0. The number of anilines is 1. The minimum atomic E-state index is 0. The van der Waals surface area contributed by atoms with Crippen LogP contribution in [0.5, 0.6) is 0 Å². The molecule has 4 aromatic rings. The van der Waals surface area contributed by atoms with Gasteiger partial charge in [-0.3, -0.25) is 0 Å². The summed E-state index contributed by atoms with van der Waals surface area (Å²) in [5.41, 5.74) is 1.85. The van der Waals surface area contributed by atoms with Crippen molar-refractivity contribution in [2.24, 2.45) is 5.41 Å². The minimum absolute atomic E-state index is 0. The van der Waals surface area contributed by atoms with E-state index in [2.05, 4.69) is 44.2 Å². The van der Waals surface area contributed by atoms with E-state index in [9.17, 15) is 0 Å². The Morgan fingerprint density at radius 1 is 0.967 bits per heavy atom. The van der Waals surface area contributed by atoms with Gasteiger partial charge in [-0.2, -0.15) is 0 Å². The summed E-state index contributed by atoms with van der Waals surface area (Å²) in [5.74, 6) is 2.12. The molecule has 4 rings (SSSR count). The number of nitrogens with zero attached hydrogens (tertiary/aromatic N) is 3. The molecule has 0 radical (unpaired) electrons. The second-order valence-corrected chi connectivity index (χ2v) is 8.32. The van der Waals surface area contributed by atoms with Crippen LogP contribution in [0.4, 0.5) is 5.82 Å². The fourth-order valence-corrected chi connectivity index (χ4v) is 3.65. The average molecular weight is 447 g/mol. The van der Waals surface area contributed by atoms with Crippen molar-refractivity contribution in [1.29, 1.82) is 0 Å². The van der Waals surface area contributed by atoms with E-state index in [1.165, 1.54) is 0 Å². The van der Waals surface area contributed by atoms with Crippen LogP contribution in [-0.4, -0.2) is 42.1 Å². The van der Waals surface area contributed by atoms with Gasteiger partial charge in [0, 0.05) is 23.9 Å². The molecule has 0 saturated carbocycles. The van der Waals surface area contributed by atoms with Gasteiger partial charge in [-0.1, -0.05) is 44.2 Å². The monoisotopic (exact) mass is 446 g/mol. The lowest BCUT2D eigenvalue weighted by Crippen LogP contribution is -2.34. The molecule has 0 unspecified atom stereocenters. The Balaban J connectivity index is 0.00000160. The first-order chi connectivity index (χ1) is 13.4.